The Balaban J connectivity index is 1.52. The average Bonchev–Trinajstić information content (AvgIpc) is 3.42. The molecule has 1 amide bonds. The number of aliphatic hydroxyl groups is 2. The van der Waals surface area contributed by atoms with Gasteiger partial charge in [0.05, 0.1) is 12.4 Å². The van der Waals surface area contributed by atoms with Crippen LogP contribution in [-0.2, 0) is 16.0 Å². The molecule has 0 aromatic carbocycles. The molecule has 0 bridgehead atoms. The van der Waals surface area contributed by atoms with E-state index in [1.807, 2.05) is 0 Å². The topological polar surface area (TPSA) is 162 Å². The molecule has 1 saturated heterocycles. The van der Waals surface area contributed by atoms with Gasteiger partial charge >= 0.3 is 0 Å². The predicted molar refractivity (Wildman–Crippen MR) is 109 cm³/mol. The second-order valence-electron chi connectivity index (χ2n) is 8.44. The maximum atomic E-state index is 10.9. The van der Waals surface area contributed by atoms with Crippen molar-refractivity contribution in [2.24, 2.45) is 11.7 Å². The molecule has 3 heterocycles. The zero-order chi connectivity index (χ0) is 21.3. The minimum atomic E-state index is -1.15. The Morgan fingerprint density at radius 3 is 2.70 bits per heavy atom. The maximum absolute atomic E-state index is 10.9. The number of primary amides is 1. The number of carbonyl (C=O) groups is 1. The molecule has 4 atom stereocenters. The van der Waals surface area contributed by atoms with Crippen molar-refractivity contribution in [3.63, 3.8) is 0 Å². The summed E-state index contributed by atoms with van der Waals surface area (Å²) in [6, 6.07) is 0. The number of carbonyl (C=O) groups excluding carboxylic acids is 1. The van der Waals surface area contributed by atoms with Crippen LogP contribution in [0.2, 0.25) is 0 Å². The minimum absolute atomic E-state index is 0.204. The fourth-order valence-electron chi connectivity index (χ4n) is 4.59. The Kier molecular flexibility index (Phi) is 6.16. The standard InChI is InChI=1S/C20H30N6O4/c21-13(27)7-3-6-12-16(28)17(29)20(30-12)26-10-23-15-18(22)24-14(25-19(15)26)9-8-11-4-1-2-5-11/h10-12,16-17,20,28-29H,1-9H2,(H2,21,27)(H2,22,24,25)/t12-,16?,17?,20-/m1/s1. The van der Waals surface area contributed by atoms with Gasteiger partial charge in [-0.1, -0.05) is 25.7 Å². The van der Waals surface area contributed by atoms with Crippen LogP contribution in [0.3, 0.4) is 0 Å². The van der Waals surface area contributed by atoms with Crippen molar-refractivity contribution in [3.8, 4) is 0 Å². The first kappa shape index (κ1) is 21.0. The van der Waals surface area contributed by atoms with E-state index < -0.39 is 30.4 Å². The van der Waals surface area contributed by atoms with Gasteiger partial charge in [0.25, 0.3) is 0 Å². The first-order valence-electron chi connectivity index (χ1n) is 10.7. The molecule has 0 radical (unpaired) electrons. The highest BCUT2D eigenvalue weighted by molar-refractivity contribution is 5.81. The highest BCUT2D eigenvalue weighted by atomic mass is 16.6. The van der Waals surface area contributed by atoms with Crippen molar-refractivity contribution in [1.29, 1.82) is 0 Å². The van der Waals surface area contributed by atoms with E-state index >= 15 is 0 Å². The smallest absolute Gasteiger partial charge is 0.217 e. The molecular weight excluding hydrogens is 388 g/mol. The lowest BCUT2D eigenvalue weighted by Crippen LogP contribution is -2.31. The number of aryl methyl sites for hydroxylation is 1. The van der Waals surface area contributed by atoms with E-state index in [-0.39, 0.29) is 6.42 Å². The molecular formula is C20H30N6O4. The molecule has 10 nitrogen and oxygen atoms in total. The van der Waals surface area contributed by atoms with Crippen molar-refractivity contribution >= 4 is 22.9 Å². The van der Waals surface area contributed by atoms with Crippen LogP contribution in [0, 0.1) is 5.92 Å². The van der Waals surface area contributed by atoms with E-state index in [1.165, 1.54) is 32.0 Å². The van der Waals surface area contributed by atoms with Crippen LogP contribution in [0.15, 0.2) is 6.33 Å². The lowest BCUT2D eigenvalue weighted by atomic mass is 10.0. The van der Waals surface area contributed by atoms with Gasteiger partial charge in [0.1, 0.15) is 23.5 Å². The van der Waals surface area contributed by atoms with Gasteiger partial charge < -0.3 is 26.4 Å². The van der Waals surface area contributed by atoms with Gasteiger partial charge in [0, 0.05) is 12.8 Å². The van der Waals surface area contributed by atoms with Gasteiger partial charge in [0.15, 0.2) is 17.7 Å². The van der Waals surface area contributed by atoms with Gasteiger partial charge in [-0.3, -0.25) is 9.36 Å². The number of aliphatic hydroxyl groups excluding tert-OH is 2. The summed E-state index contributed by atoms with van der Waals surface area (Å²) in [7, 11) is 0. The number of nitrogen functional groups attached to an aromatic ring is 1. The third kappa shape index (κ3) is 4.26. The minimum Gasteiger partial charge on any atom is -0.388 e. The van der Waals surface area contributed by atoms with Crippen molar-refractivity contribution in [1.82, 2.24) is 19.5 Å². The first-order chi connectivity index (χ1) is 14.4. The van der Waals surface area contributed by atoms with E-state index in [0.29, 0.717) is 41.6 Å². The number of rotatable bonds is 8. The third-order valence-corrected chi connectivity index (χ3v) is 6.27. The van der Waals surface area contributed by atoms with Crippen LogP contribution < -0.4 is 11.5 Å². The molecule has 4 rings (SSSR count). The van der Waals surface area contributed by atoms with E-state index in [9.17, 15) is 15.0 Å². The Morgan fingerprint density at radius 2 is 1.97 bits per heavy atom. The van der Waals surface area contributed by atoms with E-state index in [0.717, 1.165) is 12.8 Å². The summed E-state index contributed by atoms with van der Waals surface area (Å²) in [5, 5.41) is 21.0. The molecule has 2 aliphatic rings. The zero-order valence-electron chi connectivity index (χ0n) is 17.0. The van der Waals surface area contributed by atoms with Gasteiger partial charge in [-0.2, -0.15) is 0 Å². The molecule has 6 N–H and O–H groups in total. The molecule has 2 aromatic rings. The van der Waals surface area contributed by atoms with Crippen LogP contribution in [0.1, 0.15) is 63.4 Å². The fraction of sp³-hybridized carbons (Fsp3) is 0.700. The molecule has 0 spiro atoms. The van der Waals surface area contributed by atoms with Crippen molar-refractivity contribution in [2.45, 2.75) is 82.3 Å². The Hall–Kier alpha value is -2.30. The Labute approximate surface area is 174 Å². The number of aromatic nitrogens is 4. The number of amides is 1. The molecule has 2 unspecified atom stereocenters. The highest BCUT2D eigenvalue weighted by Gasteiger charge is 2.44. The molecule has 30 heavy (non-hydrogen) atoms. The normalized spacial score (nSPS) is 27.3. The SMILES string of the molecule is NC(=O)CCC[C@H]1O[C@@H](n2cnc3c(N)nc(CCC4CCCC4)nc32)C(O)C1O. The average molecular weight is 418 g/mol. The van der Waals surface area contributed by atoms with E-state index in [1.54, 1.807) is 4.57 Å². The molecule has 2 aromatic heterocycles. The maximum Gasteiger partial charge on any atom is 0.217 e. The Bertz CT molecular complexity index is 897. The Morgan fingerprint density at radius 1 is 1.20 bits per heavy atom. The molecule has 164 valence electrons. The lowest BCUT2D eigenvalue weighted by molar-refractivity contribution is -0.118. The summed E-state index contributed by atoms with van der Waals surface area (Å²) < 4.78 is 7.52. The molecule has 2 fully saturated rings. The highest BCUT2D eigenvalue weighted by Crippen LogP contribution is 2.34. The quantitative estimate of drug-likeness (QED) is 0.489. The fourth-order valence-corrected chi connectivity index (χ4v) is 4.59. The zero-order valence-corrected chi connectivity index (χ0v) is 17.0. The number of anilines is 1. The van der Waals surface area contributed by atoms with E-state index in [2.05, 4.69) is 15.0 Å². The number of fused-ring (bicyclic) bond motifs is 1. The number of hydrogen-bond donors (Lipinski definition) is 4. The number of nitrogens with zero attached hydrogens (tertiary/aromatic N) is 4. The second-order valence-corrected chi connectivity index (χ2v) is 8.44. The van der Waals surface area contributed by atoms with Gasteiger partial charge in [-0.05, 0) is 25.2 Å². The van der Waals surface area contributed by atoms with Gasteiger partial charge in [-0.25, -0.2) is 15.0 Å². The summed E-state index contributed by atoms with van der Waals surface area (Å²) in [6.45, 7) is 0. The largest absolute Gasteiger partial charge is 0.388 e. The number of ether oxygens (including phenoxy) is 1. The summed E-state index contributed by atoms with van der Waals surface area (Å²) in [6.07, 6.45) is 5.76. The number of imidazole rings is 1. The third-order valence-electron chi connectivity index (χ3n) is 6.27. The summed E-state index contributed by atoms with van der Waals surface area (Å²) >= 11 is 0. The predicted octanol–water partition coefficient (Wildman–Crippen LogP) is 0.806. The van der Waals surface area contributed by atoms with Crippen molar-refractivity contribution in [2.75, 3.05) is 5.73 Å². The first-order valence-corrected chi connectivity index (χ1v) is 10.7. The molecule has 1 aliphatic carbocycles. The molecule has 1 saturated carbocycles. The molecule has 10 heteroatoms. The van der Waals surface area contributed by atoms with Gasteiger partial charge in [0.2, 0.25) is 5.91 Å². The summed E-state index contributed by atoms with van der Waals surface area (Å²) in [4.78, 5) is 24.3. The molecule has 1 aliphatic heterocycles. The van der Waals surface area contributed by atoms with Crippen LogP contribution in [0.25, 0.3) is 11.2 Å². The number of hydrogen-bond acceptors (Lipinski definition) is 8. The number of nitrogens with two attached hydrogens (primary N) is 2. The van der Waals surface area contributed by atoms with Gasteiger partial charge in [-0.15, -0.1) is 0 Å². The van der Waals surface area contributed by atoms with Crippen LogP contribution >= 0.6 is 0 Å². The lowest BCUT2D eigenvalue weighted by Gasteiger charge is -2.17. The van der Waals surface area contributed by atoms with Crippen molar-refractivity contribution in [3.05, 3.63) is 12.2 Å². The van der Waals surface area contributed by atoms with Crippen LogP contribution in [0.4, 0.5) is 5.82 Å². The van der Waals surface area contributed by atoms with Crippen LogP contribution in [0.5, 0.6) is 0 Å². The summed E-state index contributed by atoms with van der Waals surface area (Å²) in [5.74, 6) is 1.26. The van der Waals surface area contributed by atoms with Crippen LogP contribution in [-0.4, -0.2) is 54.0 Å². The summed E-state index contributed by atoms with van der Waals surface area (Å²) in [5.41, 5.74) is 12.2. The monoisotopic (exact) mass is 418 g/mol. The second kappa shape index (κ2) is 8.83. The van der Waals surface area contributed by atoms with E-state index in [4.69, 9.17) is 16.2 Å². The van der Waals surface area contributed by atoms with Crippen molar-refractivity contribution < 1.29 is 19.7 Å².